The first kappa shape index (κ1) is 23.8. The van der Waals surface area contributed by atoms with Gasteiger partial charge in [0, 0.05) is 26.1 Å². The van der Waals surface area contributed by atoms with Gasteiger partial charge in [-0.2, -0.15) is 0 Å². The zero-order chi connectivity index (χ0) is 22.8. The lowest BCUT2D eigenvalue weighted by Crippen LogP contribution is -2.57. The number of hydrogen-bond acceptors (Lipinski definition) is 6. The molecule has 0 saturated carbocycles. The Labute approximate surface area is 191 Å². The van der Waals surface area contributed by atoms with Gasteiger partial charge in [-0.05, 0) is 36.4 Å². The van der Waals surface area contributed by atoms with E-state index in [1.807, 2.05) is 0 Å². The molecular formula is C19H20Cl2N2O6S2. The molecular weight excluding hydrogens is 487 g/mol. The van der Waals surface area contributed by atoms with Crippen molar-refractivity contribution in [1.29, 1.82) is 0 Å². The molecule has 2 aromatic rings. The van der Waals surface area contributed by atoms with E-state index in [2.05, 4.69) is 4.72 Å². The van der Waals surface area contributed by atoms with Crippen LogP contribution in [0.2, 0.25) is 10.0 Å². The third-order valence-electron chi connectivity index (χ3n) is 4.85. The molecule has 0 bridgehead atoms. The molecule has 8 nitrogen and oxygen atoms in total. The smallest absolute Gasteiger partial charge is 0.243 e. The fraction of sp³-hybridized carbons (Fsp3) is 0.316. The lowest BCUT2D eigenvalue weighted by molar-refractivity contribution is -0.134. The average Bonchev–Trinajstić information content (AvgIpc) is 2.66. The molecule has 1 amide bonds. The number of benzene rings is 2. The van der Waals surface area contributed by atoms with Crippen molar-refractivity contribution in [2.24, 2.45) is 0 Å². The molecule has 0 unspecified atom stereocenters. The number of nitrogens with zero attached hydrogens (tertiary/aromatic N) is 1. The minimum Gasteiger partial charge on any atom is -0.497 e. The number of rotatable bonds is 8. The second-order valence-corrected chi connectivity index (χ2v) is 11.6. The average molecular weight is 507 g/mol. The van der Waals surface area contributed by atoms with Gasteiger partial charge in [0.25, 0.3) is 0 Å². The van der Waals surface area contributed by atoms with Gasteiger partial charge in [0.1, 0.15) is 15.9 Å². The zero-order valence-corrected chi connectivity index (χ0v) is 19.6. The van der Waals surface area contributed by atoms with Crippen LogP contribution in [0, 0.1) is 0 Å². The molecule has 0 aliphatic carbocycles. The van der Waals surface area contributed by atoms with Gasteiger partial charge in [0.15, 0.2) is 9.84 Å². The molecule has 2 aromatic carbocycles. The van der Waals surface area contributed by atoms with E-state index in [-0.39, 0.29) is 51.8 Å². The SMILES string of the molecule is COc1ccc(S(=O)(=O)C2CN(C(=O)CCNS(=O)(=O)c3c(Cl)cccc3Cl)C2)cc1. The highest BCUT2D eigenvalue weighted by molar-refractivity contribution is 7.92. The van der Waals surface area contributed by atoms with Crippen LogP contribution in [-0.4, -0.2) is 59.6 Å². The van der Waals surface area contributed by atoms with E-state index < -0.39 is 25.1 Å². The molecule has 1 aliphatic rings. The second-order valence-electron chi connectivity index (χ2n) is 6.84. The highest BCUT2D eigenvalue weighted by atomic mass is 35.5. The quantitative estimate of drug-likeness (QED) is 0.588. The van der Waals surface area contributed by atoms with Gasteiger partial charge in [-0.15, -0.1) is 0 Å². The molecule has 0 radical (unpaired) electrons. The molecule has 0 atom stereocenters. The van der Waals surface area contributed by atoms with Crippen molar-refractivity contribution >= 4 is 49.0 Å². The van der Waals surface area contributed by atoms with E-state index in [4.69, 9.17) is 27.9 Å². The number of sulfone groups is 1. The van der Waals surface area contributed by atoms with Crippen LogP contribution in [0.25, 0.3) is 0 Å². The Morgan fingerprint density at radius 2 is 1.65 bits per heavy atom. The summed E-state index contributed by atoms with van der Waals surface area (Å²) in [5.41, 5.74) is 0. The van der Waals surface area contributed by atoms with Crippen LogP contribution < -0.4 is 9.46 Å². The number of nitrogens with one attached hydrogen (secondary N) is 1. The molecule has 1 saturated heterocycles. The van der Waals surface area contributed by atoms with Gasteiger partial charge in [0.2, 0.25) is 15.9 Å². The number of amides is 1. The van der Waals surface area contributed by atoms with Crippen molar-refractivity contribution in [1.82, 2.24) is 9.62 Å². The molecule has 12 heteroatoms. The zero-order valence-electron chi connectivity index (χ0n) is 16.4. The molecule has 0 aromatic heterocycles. The minimum absolute atomic E-state index is 0.0272. The fourth-order valence-corrected chi connectivity index (χ4v) is 6.88. The third kappa shape index (κ3) is 5.15. The first-order chi connectivity index (χ1) is 14.6. The molecule has 1 N–H and O–H groups in total. The number of carbonyl (C=O) groups excluding carboxylic acids is 1. The number of carbonyl (C=O) groups is 1. The Balaban J connectivity index is 1.53. The summed E-state index contributed by atoms with van der Waals surface area (Å²) in [5, 5.41) is -0.759. The van der Waals surface area contributed by atoms with Crippen LogP contribution in [0.1, 0.15) is 6.42 Å². The first-order valence-corrected chi connectivity index (χ1v) is 12.9. The van der Waals surface area contributed by atoms with Gasteiger partial charge in [-0.3, -0.25) is 4.79 Å². The van der Waals surface area contributed by atoms with Crippen LogP contribution in [0.4, 0.5) is 0 Å². The molecule has 168 valence electrons. The van der Waals surface area contributed by atoms with Gasteiger partial charge < -0.3 is 9.64 Å². The summed E-state index contributed by atoms with van der Waals surface area (Å²) >= 11 is 11.8. The topological polar surface area (TPSA) is 110 Å². The van der Waals surface area contributed by atoms with Crippen molar-refractivity contribution in [2.75, 3.05) is 26.7 Å². The Morgan fingerprint density at radius 3 is 2.19 bits per heavy atom. The van der Waals surface area contributed by atoms with E-state index in [1.54, 1.807) is 12.1 Å². The molecule has 3 rings (SSSR count). The summed E-state index contributed by atoms with van der Waals surface area (Å²) in [6.45, 7) is -0.0678. The van der Waals surface area contributed by atoms with Crippen molar-refractivity contribution in [3.8, 4) is 5.75 Å². The van der Waals surface area contributed by atoms with Crippen LogP contribution in [0.15, 0.2) is 52.3 Å². The van der Waals surface area contributed by atoms with Crippen LogP contribution in [0.3, 0.4) is 0 Å². The Kier molecular flexibility index (Phi) is 7.17. The lowest BCUT2D eigenvalue weighted by Gasteiger charge is -2.38. The van der Waals surface area contributed by atoms with Crippen molar-refractivity contribution < 1.29 is 26.4 Å². The molecule has 1 aliphatic heterocycles. The van der Waals surface area contributed by atoms with Crippen molar-refractivity contribution in [2.45, 2.75) is 21.5 Å². The van der Waals surface area contributed by atoms with Crippen molar-refractivity contribution in [3.05, 3.63) is 52.5 Å². The summed E-state index contributed by atoms with van der Waals surface area (Å²) < 4.78 is 57.4. The Hall–Kier alpha value is -1.85. The highest BCUT2D eigenvalue weighted by Crippen LogP contribution is 2.29. The van der Waals surface area contributed by atoms with Crippen molar-refractivity contribution in [3.63, 3.8) is 0 Å². The maximum absolute atomic E-state index is 12.7. The van der Waals surface area contributed by atoms with Crippen LogP contribution >= 0.6 is 23.2 Å². The number of likely N-dealkylation sites (tertiary alicyclic amines) is 1. The number of ether oxygens (including phenoxy) is 1. The number of sulfonamides is 1. The number of hydrogen-bond donors (Lipinski definition) is 1. The number of halogens is 2. The van der Waals surface area contributed by atoms with Crippen LogP contribution in [-0.2, 0) is 24.7 Å². The molecule has 0 spiro atoms. The van der Waals surface area contributed by atoms with Gasteiger partial charge in [0.05, 0.1) is 22.1 Å². The largest absolute Gasteiger partial charge is 0.497 e. The first-order valence-electron chi connectivity index (χ1n) is 9.15. The van der Waals surface area contributed by atoms with E-state index in [0.717, 1.165) is 0 Å². The fourth-order valence-electron chi connectivity index (χ4n) is 3.06. The predicted octanol–water partition coefficient (Wildman–Crippen LogP) is 2.36. The van der Waals surface area contributed by atoms with E-state index in [0.29, 0.717) is 5.75 Å². The normalized spacial score (nSPS) is 14.9. The van der Waals surface area contributed by atoms with Gasteiger partial charge in [-0.1, -0.05) is 29.3 Å². The standard InChI is InChI=1S/C19H20Cl2N2O6S2/c1-29-13-5-7-14(8-6-13)30(25,26)15-11-23(12-15)18(24)9-10-22-31(27,28)19-16(20)3-2-4-17(19)21/h2-8,15,22H,9-12H2,1H3. The number of methoxy groups -OCH3 is 1. The Bertz CT molecular complexity index is 1160. The van der Waals surface area contributed by atoms with Crippen LogP contribution in [0.5, 0.6) is 5.75 Å². The molecule has 31 heavy (non-hydrogen) atoms. The van der Waals surface area contributed by atoms with Gasteiger partial charge in [-0.25, -0.2) is 21.6 Å². The van der Waals surface area contributed by atoms with E-state index in [9.17, 15) is 21.6 Å². The van der Waals surface area contributed by atoms with Gasteiger partial charge >= 0.3 is 0 Å². The minimum atomic E-state index is -4.00. The molecule has 1 fully saturated rings. The summed E-state index contributed by atoms with van der Waals surface area (Å²) in [7, 11) is -6.08. The monoisotopic (exact) mass is 506 g/mol. The summed E-state index contributed by atoms with van der Waals surface area (Å²) in [4.78, 5) is 13.6. The highest BCUT2D eigenvalue weighted by Gasteiger charge is 2.40. The third-order valence-corrected chi connectivity index (χ3v) is 9.37. The van der Waals surface area contributed by atoms with E-state index >= 15 is 0 Å². The van der Waals surface area contributed by atoms with E-state index in [1.165, 1.54) is 42.3 Å². The lowest BCUT2D eigenvalue weighted by atomic mass is 10.2. The maximum Gasteiger partial charge on any atom is 0.243 e. The maximum atomic E-state index is 12.7. The summed E-state index contributed by atoms with van der Waals surface area (Å²) in [5.74, 6) is 0.194. The predicted molar refractivity (Wildman–Crippen MR) is 117 cm³/mol. The molecule has 1 heterocycles. The Morgan fingerprint density at radius 1 is 1.06 bits per heavy atom. The second kappa shape index (κ2) is 9.33. The summed E-state index contributed by atoms with van der Waals surface area (Å²) in [6, 6.07) is 10.4. The summed E-state index contributed by atoms with van der Waals surface area (Å²) in [6.07, 6.45) is -0.128.